The first-order valence-corrected chi connectivity index (χ1v) is 5.95. The summed E-state index contributed by atoms with van der Waals surface area (Å²) in [6, 6.07) is 8.47. The van der Waals surface area contributed by atoms with Gasteiger partial charge in [-0.2, -0.15) is 0 Å². The zero-order chi connectivity index (χ0) is 12.7. The maximum atomic E-state index is 11.7. The number of unbranched alkanes of at least 4 members (excludes halogenated alkanes) is 1. The molecule has 0 aromatic heterocycles. The highest BCUT2D eigenvalue weighted by molar-refractivity contribution is 6.40. The van der Waals surface area contributed by atoms with Gasteiger partial charge in [-0.1, -0.05) is 50.1 Å². The van der Waals surface area contributed by atoms with Crippen molar-refractivity contribution in [1.82, 2.24) is 0 Å². The summed E-state index contributed by atoms with van der Waals surface area (Å²) in [6.45, 7) is 3.88. The van der Waals surface area contributed by atoms with Gasteiger partial charge < -0.3 is 4.74 Å². The molecule has 0 bridgehead atoms. The lowest BCUT2D eigenvalue weighted by atomic mass is 10.1. The van der Waals surface area contributed by atoms with Crippen LogP contribution in [0.3, 0.4) is 0 Å². The lowest BCUT2D eigenvalue weighted by Gasteiger charge is -2.11. The van der Waals surface area contributed by atoms with Gasteiger partial charge in [-0.3, -0.25) is 4.79 Å². The number of carbonyl (C=O) groups excluding carboxylic acids is 2. The van der Waals surface area contributed by atoms with Crippen LogP contribution >= 0.6 is 0 Å². The van der Waals surface area contributed by atoms with Crippen molar-refractivity contribution in [2.75, 3.05) is 0 Å². The van der Waals surface area contributed by atoms with Crippen LogP contribution in [0.15, 0.2) is 30.3 Å². The Balaban J connectivity index is 2.51. The summed E-state index contributed by atoms with van der Waals surface area (Å²) < 4.78 is 5.08. The molecular formula is C14H18O3. The molecule has 1 unspecified atom stereocenters. The van der Waals surface area contributed by atoms with E-state index in [-0.39, 0.29) is 6.10 Å². The molecular weight excluding hydrogens is 216 g/mol. The van der Waals surface area contributed by atoms with Crippen LogP contribution < -0.4 is 0 Å². The first-order chi connectivity index (χ1) is 8.15. The SMILES string of the molecule is CCCCC(C)OC(=O)C(=O)c1ccccc1. The van der Waals surface area contributed by atoms with Gasteiger partial charge in [-0.25, -0.2) is 4.79 Å². The molecule has 0 spiro atoms. The van der Waals surface area contributed by atoms with Crippen molar-refractivity contribution in [3.05, 3.63) is 35.9 Å². The van der Waals surface area contributed by atoms with Crippen molar-refractivity contribution < 1.29 is 14.3 Å². The molecule has 0 saturated heterocycles. The lowest BCUT2D eigenvalue weighted by molar-refractivity contribution is -0.142. The number of hydrogen-bond acceptors (Lipinski definition) is 3. The van der Waals surface area contributed by atoms with Gasteiger partial charge in [0.05, 0.1) is 6.10 Å². The third-order valence-electron chi connectivity index (χ3n) is 2.49. The Kier molecular flexibility index (Phi) is 5.40. The molecule has 1 aromatic rings. The van der Waals surface area contributed by atoms with Crippen molar-refractivity contribution in [2.45, 2.75) is 39.2 Å². The molecule has 0 fully saturated rings. The molecule has 1 atom stereocenters. The Bertz CT molecular complexity index is 370. The molecule has 0 heterocycles. The number of carbonyl (C=O) groups is 2. The number of ketones is 1. The van der Waals surface area contributed by atoms with Crippen LogP contribution in [0.4, 0.5) is 0 Å². The van der Waals surface area contributed by atoms with Crippen LogP contribution in [-0.4, -0.2) is 17.9 Å². The molecule has 0 N–H and O–H groups in total. The van der Waals surface area contributed by atoms with E-state index in [0.29, 0.717) is 5.56 Å². The van der Waals surface area contributed by atoms with Gasteiger partial charge in [-0.05, 0) is 13.3 Å². The molecule has 1 rings (SSSR count). The molecule has 0 aliphatic carbocycles. The van der Waals surface area contributed by atoms with Crippen LogP contribution in [0.2, 0.25) is 0 Å². The van der Waals surface area contributed by atoms with Gasteiger partial charge in [0.2, 0.25) is 0 Å². The summed E-state index contributed by atoms with van der Waals surface area (Å²) in [6.07, 6.45) is 2.64. The molecule has 3 heteroatoms. The molecule has 0 aliphatic rings. The van der Waals surface area contributed by atoms with Crippen LogP contribution in [0.5, 0.6) is 0 Å². The Morgan fingerprint density at radius 1 is 1.24 bits per heavy atom. The van der Waals surface area contributed by atoms with Gasteiger partial charge in [-0.15, -0.1) is 0 Å². The fraction of sp³-hybridized carbons (Fsp3) is 0.429. The highest BCUT2D eigenvalue weighted by Gasteiger charge is 2.19. The standard InChI is InChI=1S/C14H18O3/c1-3-4-8-11(2)17-14(16)13(15)12-9-6-5-7-10-12/h5-7,9-11H,3-4,8H2,1-2H3. The van der Waals surface area contributed by atoms with E-state index in [1.54, 1.807) is 30.3 Å². The van der Waals surface area contributed by atoms with Crippen LogP contribution in [0.25, 0.3) is 0 Å². The number of hydrogen-bond donors (Lipinski definition) is 0. The minimum Gasteiger partial charge on any atom is -0.457 e. The minimum atomic E-state index is -0.764. The van der Waals surface area contributed by atoms with E-state index in [0.717, 1.165) is 19.3 Å². The predicted octanol–water partition coefficient (Wildman–Crippen LogP) is 2.99. The summed E-state index contributed by atoms with van der Waals surface area (Å²) in [7, 11) is 0. The molecule has 92 valence electrons. The molecule has 3 nitrogen and oxygen atoms in total. The third-order valence-corrected chi connectivity index (χ3v) is 2.49. The summed E-state index contributed by atoms with van der Waals surface area (Å²) in [5.74, 6) is -1.34. The normalized spacial score (nSPS) is 11.9. The number of Topliss-reactive ketones (excluding diaryl/α,β-unsaturated/α-hetero) is 1. The molecule has 0 amide bonds. The third kappa shape index (κ3) is 4.39. The Hall–Kier alpha value is -1.64. The van der Waals surface area contributed by atoms with Crippen LogP contribution in [-0.2, 0) is 9.53 Å². The van der Waals surface area contributed by atoms with E-state index in [1.807, 2.05) is 6.92 Å². The van der Waals surface area contributed by atoms with E-state index in [2.05, 4.69) is 6.92 Å². The number of benzene rings is 1. The molecule has 0 radical (unpaired) electrons. The zero-order valence-corrected chi connectivity index (χ0v) is 10.3. The average molecular weight is 234 g/mol. The Morgan fingerprint density at radius 3 is 2.47 bits per heavy atom. The van der Waals surface area contributed by atoms with E-state index in [1.165, 1.54) is 0 Å². The fourth-order valence-electron chi connectivity index (χ4n) is 1.49. The van der Waals surface area contributed by atoms with Gasteiger partial charge in [0.15, 0.2) is 0 Å². The molecule has 1 aromatic carbocycles. The maximum Gasteiger partial charge on any atom is 0.379 e. The van der Waals surface area contributed by atoms with Crippen molar-refractivity contribution >= 4 is 11.8 Å². The van der Waals surface area contributed by atoms with Gasteiger partial charge in [0.25, 0.3) is 5.78 Å². The zero-order valence-electron chi connectivity index (χ0n) is 10.3. The minimum absolute atomic E-state index is 0.199. The number of rotatable bonds is 6. The monoisotopic (exact) mass is 234 g/mol. The number of esters is 1. The summed E-state index contributed by atoms with van der Waals surface area (Å²) in [5.41, 5.74) is 0.375. The summed E-state index contributed by atoms with van der Waals surface area (Å²) in [4.78, 5) is 23.2. The molecule has 0 aliphatic heterocycles. The fourth-order valence-corrected chi connectivity index (χ4v) is 1.49. The van der Waals surface area contributed by atoms with Crippen LogP contribution in [0, 0.1) is 0 Å². The van der Waals surface area contributed by atoms with E-state index >= 15 is 0 Å². The molecule has 17 heavy (non-hydrogen) atoms. The van der Waals surface area contributed by atoms with Gasteiger partial charge >= 0.3 is 5.97 Å². The average Bonchev–Trinajstić information content (AvgIpc) is 2.36. The van der Waals surface area contributed by atoms with Gasteiger partial charge in [0, 0.05) is 5.56 Å². The van der Waals surface area contributed by atoms with Crippen molar-refractivity contribution in [3.8, 4) is 0 Å². The van der Waals surface area contributed by atoms with Gasteiger partial charge in [0.1, 0.15) is 0 Å². The first-order valence-electron chi connectivity index (χ1n) is 5.95. The topological polar surface area (TPSA) is 43.4 Å². The van der Waals surface area contributed by atoms with Crippen LogP contribution in [0.1, 0.15) is 43.5 Å². The van der Waals surface area contributed by atoms with E-state index < -0.39 is 11.8 Å². The van der Waals surface area contributed by atoms with E-state index in [9.17, 15) is 9.59 Å². The second-order valence-corrected chi connectivity index (χ2v) is 4.05. The highest BCUT2D eigenvalue weighted by atomic mass is 16.5. The van der Waals surface area contributed by atoms with Crippen molar-refractivity contribution in [2.24, 2.45) is 0 Å². The predicted molar refractivity (Wildman–Crippen MR) is 65.9 cm³/mol. The van der Waals surface area contributed by atoms with Crippen molar-refractivity contribution in [3.63, 3.8) is 0 Å². The number of ether oxygens (including phenoxy) is 1. The smallest absolute Gasteiger partial charge is 0.379 e. The second-order valence-electron chi connectivity index (χ2n) is 4.05. The lowest BCUT2D eigenvalue weighted by Crippen LogP contribution is -2.22. The summed E-state index contributed by atoms with van der Waals surface area (Å²) >= 11 is 0. The Labute approximate surface area is 102 Å². The largest absolute Gasteiger partial charge is 0.457 e. The second kappa shape index (κ2) is 6.84. The molecule has 0 saturated carbocycles. The quantitative estimate of drug-likeness (QED) is 0.432. The highest BCUT2D eigenvalue weighted by Crippen LogP contribution is 2.07. The van der Waals surface area contributed by atoms with Crippen molar-refractivity contribution in [1.29, 1.82) is 0 Å². The summed E-state index contributed by atoms with van der Waals surface area (Å²) in [5, 5.41) is 0. The first kappa shape index (κ1) is 13.4. The Morgan fingerprint density at radius 2 is 1.88 bits per heavy atom. The maximum absolute atomic E-state index is 11.7. The van der Waals surface area contributed by atoms with E-state index in [4.69, 9.17) is 4.74 Å².